The summed E-state index contributed by atoms with van der Waals surface area (Å²) in [6, 6.07) is 29.7. The van der Waals surface area contributed by atoms with E-state index in [1.165, 1.54) is 49.3 Å². The molecule has 0 spiro atoms. The summed E-state index contributed by atoms with van der Waals surface area (Å²) in [6.45, 7) is 18.5. The van der Waals surface area contributed by atoms with E-state index in [9.17, 15) is 9.59 Å². The Morgan fingerprint density at radius 1 is 0.583 bits per heavy atom. The maximum Gasteiger partial charge on any atom is 0.337 e. The molecule has 0 N–H and O–H groups in total. The highest BCUT2D eigenvalue weighted by molar-refractivity contribution is 5.94. The second-order valence-corrected chi connectivity index (χ2v) is 19.6. The zero-order valence-electron chi connectivity index (χ0n) is 37.5. The zero-order chi connectivity index (χ0) is 42.9. The molecule has 0 unspecified atom stereocenters. The molecule has 4 atom stereocenters. The van der Waals surface area contributed by atoms with Gasteiger partial charge in [0.2, 0.25) is 0 Å². The van der Waals surface area contributed by atoms with E-state index in [-0.39, 0.29) is 11.9 Å². The average molecular weight is 809 g/mol. The predicted molar refractivity (Wildman–Crippen MR) is 242 cm³/mol. The first-order chi connectivity index (χ1) is 28.5. The van der Waals surface area contributed by atoms with Gasteiger partial charge in [-0.1, -0.05) is 101 Å². The molecule has 8 nitrogen and oxygen atoms in total. The number of esters is 2. The van der Waals surface area contributed by atoms with Gasteiger partial charge in [-0.25, -0.2) is 19.6 Å². The van der Waals surface area contributed by atoms with Crippen LogP contribution in [0.15, 0.2) is 84.9 Å². The van der Waals surface area contributed by atoms with Crippen molar-refractivity contribution in [2.24, 2.45) is 22.7 Å². The van der Waals surface area contributed by atoms with Gasteiger partial charge in [-0.3, -0.25) is 0 Å². The van der Waals surface area contributed by atoms with Gasteiger partial charge in [0.15, 0.2) is 0 Å². The number of methoxy groups -OCH3 is 2. The van der Waals surface area contributed by atoms with Crippen molar-refractivity contribution < 1.29 is 19.1 Å². The summed E-state index contributed by atoms with van der Waals surface area (Å²) in [5.41, 5.74) is 10.7. The monoisotopic (exact) mass is 808 g/mol. The van der Waals surface area contributed by atoms with E-state index >= 15 is 0 Å². The van der Waals surface area contributed by atoms with Crippen molar-refractivity contribution in [3.63, 3.8) is 0 Å². The maximum absolute atomic E-state index is 12.0. The van der Waals surface area contributed by atoms with Gasteiger partial charge in [-0.15, -0.1) is 0 Å². The van der Waals surface area contributed by atoms with Crippen molar-refractivity contribution in [2.75, 3.05) is 14.2 Å². The summed E-state index contributed by atoms with van der Waals surface area (Å²) in [6.07, 6.45) is 8.70. The molecule has 2 aromatic heterocycles. The average Bonchev–Trinajstić information content (AvgIpc) is 3.74. The van der Waals surface area contributed by atoms with Gasteiger partial charge in [0.05, 0.1) is 47.4 Å². The van der Waals surface area contributed by atoms with Gasteiger partial charge in [0, 0.05) is 24.9 Å². The topological polar surface area (TPSA) is 88.2 Å². The van der Waals surface area contributed by atoms with E-state index in [1.54, 1.807) is 0 Å². The summed E-state index contributed by atoms with van der Waals surface area (Å²) in [5, 5.41) is 0. The van der Waals surface area contributed by atoms with Crippen molar-refractivity contribution in [3.8, 4) is 0 Å². The highest BCUT2D eigenvalue weighted by Gasteiger charge is 2.36. The van der Waals surface area contributed by atoms with Gasteiger partial charge in [-0.05, 0) is 123 Å². The standard InChI is InChI=1S/2C26H32N2O2/c2*1-17-6-8-19(9-7-17)13-24-27-22-14-20(25(29)30-5)10-11-23(22)28(24)21-12-18(2)15-26(3,4)16-21/h2*6-11,14,18,21H,12-13,15-16H2,1-5H3/t2*18-,21+/m10/s1. The third-order valence-corrected chi connectivity index (χ3v) is 12.8. The first-order valence-corrected chi connectivity index (χ1v) is 21.8. The highest BCUT2D eigenvalue weighted by atomic mass is 16.5. The fraction of sp³-hybridized carbons (Fsp3) is 0.462. The van der Waals surface area contributed by atoms with E-state index in [2.05, 4.69) is 113 Å². The highest BCUT2D eigenvalue weighted by Crippen LogP contribution is 2.47. The molecule has 2 heterocycles. The number of aryl methyl sites for hydroxylation is 2. The zero-order valence-corrected chi connectivity index (χ0v) is 37.5. The molecule has 0 amide bonds. The second kappa shape index (κ2) is 17.4. The lowest BCUT2D eigenvalue weighted by Crippen LogP contribution is -2.30. The summed E-state index contributed by atoms with van der Waals surface area (Å²) < 4.78 is 14.7. The number of carbonyl (C=O) groups is 2. The number of ether oxygens (including phenoxy) is 2. The first kappa shape index (κ1) is 42.9. The Bertz CT molecular complexity index is 2300. The summed E-state index contributed by atoms with van der Waals surface area (Å²) in [5.74, 6) is 2.87. The van der Waals surface area contributed by atoms with Gasteiger partial charge in [0.25, 0.3) is 0 Å². The molecule has 0 bridgehead atoms. The van der Waals surface area contributed by atoms with E-state index < -0.39 is 0 Å². The quantitative estimate of drug-likeness (QED) is 0.142. The Kier molecular flexibility index (Phi) is 12.4. The molecular weight excluding hydrogens is 745 g/mol. The van der Waals surface area contributed by atoms with Crippen molar-refractivity contribution in [2.45, 2.75) is 119 Å². The third kappa shape index (κ3) is 9.69. The van der Waals surface area contributed by atoms with Crippen molar-refractivity contribution in [1.29, 1.82) is 0 Å². The number of rotatable bonds is 8. The lowest BCUT2D eigenvalue weighted by molar-refractivity contribution is 0.0592. The van der Waals surface area contributed by atoms with Crippen molar-refractivity contribution in [3.05, 3.63) is 130 Å². The van der Waals surface area contributed by atoms with E-state index in [0.717, 1.165) is 72.2 Å². The predicted octanol–water partition coefficient (Wildman–Crippen LogP) is 12.2. The minimum Gasteiger partial charge on any atom is -0.465 e. The normalized spacial score (nSPS) is 21.0. The molecule has 2 saturated carbocycles. The number of hydrogen-bond donors (Lipinski definition) is 0. The Morgan fingerprint density at radius 3 is 1.28 bits per heavy atom. The largest absolute Gasteiger partial charge is 0.465 e. The molecule has 0 saturated heterocycles. The number of nitrogens with zero attached hydrogens (tertiary/aromatic N) is 4. The van der Waals surface area contributed by atoms with Crippen LogP contribution in [0.25, 0.3) is 22.1 Å². The Balaban J connectivity index is 0.000000181. The van der Waals surface area contributed by atoms with Crippen molar-refractivity contribution in [1.82, 2.24) is 19.1 Å². The Hall–Kier alpha value is -5.24. The number of carbonyl (C=O) groups excluding carboxylic acids is 2. The minimum absolute atomic E-state index is 0.312. The molecule has 0 aliphatic heterocycles. The minimum atomic E-state index is -0.320. The summed E-state index contributed by atoms with van der Waals surface area (Å²) in [4.78, 5) is 34.1. The number of imidazole rings is 2. The fourth-order valence-corrected chi connectivity index (χ4v) is 10.6. The van der Waals surface area contributed by atoms with Crippen LogP contribution in [-0.2, 0) is 22.3 Å². The molecule has 0 radical (unpaired) electrons. The lowest BCUT2D eigenvalue weighted by atomic mass is 9.70. The van der Waals surface area contributed by atoms with Crippen LogP contribution in [0, 0.1) is 36.5 Å². The molecule has 2 aliphatic carbocycles. The molecule has 60 heavy (non-hydrogen) atoms. The molecular formula is C52H64N4O4. The second-order valence-electron chi connectivity index (χ2n) is 19.6. The van der Waals surface area contributed by atoms with Crippen LogP contribution < -0.4 is 0 Å². The third-order valence-electron chi connectivity index (χ3n) is 12.8. The van der Waals surface area contributed by atoms with Crippen LogP contribution in [0.5, 0.6) is 0 Å². The number of benzene rings is 4. The summed E-state index contributed by atoms with van der Waals surface area (Å²) >= 11 is 0. The summed E-state index contributed by atoms with van der Waals surface area (Å²) in [7, 11) is 2.83. The van der Waals surface area contributed by atoms with Gasteiger partial charge < -0.3 is 18.6 Å². The van der Waals surface area contributed by atoms with Crippen LogP contribution in [0.1, 0.15) is 147 Å². The van der Waals surface area contributed by atoms with Crippen LogP contribution >= 0.6 is 0 Å². The smallest absolute Gasteiger partial charge is 0.337 e. The van der Waals surface area contributed by atoms with Crippen LogP contribution in [0.3, 0.4) is 0 Å². The molecule has 8 rings (SSSR count). The molecule has 6 aromatic rings. The van der Waals surface area contributed by atoms with Crippen LogP contribution in [-0.4, -0.2) is 45.3 Å². The molecule has 316 valence electrons. The fourth-order valence-electron chi connectivity index (χ4n) is 10.6. The molecule has 2 aliphatic rings. The Morgan fingerprint density at radius 2 is 0.950 bits per heavy atom. The Labute approximate surface area is 356 Å². The van der Waals surface area contributed by atoms with E-state index in [0.29, 0.717) is 45.9 Å². The van der Waals surface area contributed by atoms with Gasteiger partial charge >= 0.3 is 11.9 Å². The number of fused-ring (bicyclic) bond motifs is 2. The maximum atomic E-state index is 12.0. The lowest BCUT2D eigenvalue weighted by Gasteiger charge is -2.40. The van der Waals surface area contributed by atoms with E-state index in [1.807, 2.05) is 36.4 Å². The van der Waals surface area contributed by atoms with Crippen molar-refractivity contribution >= 4 is 34.0 Å². The van der Waals surface area contributed by atoms with Gasteiger partial charge in [-0.2, -0.15) is 0 Å². The molecule has 8 heteroatoms. The van der Waals surface area contributed by atoms with E-state index in [4.69, 9.17) is 19.4 Å². The first-order valence-electron chi connectivity index (χ1n) is 21.8. The number of hydrogen-bond acceptors (Lipinski definition) is 6. The molecule has 2 fully saturated rings. The number of aromatic nitrogens is 4. The van der Waals surface area contributed by atoms with Gasteiger partial charge in [0.1, 0.15) is 11.6 Å². The molecule has 4 aromatic carbocycles. The van der Waals surface area contributed by atoms with Crippen LogP contribution in [0.4, 0.5) is 0 Å². The SMILES string of the molecule is COC(=O)c1ccc2c(c1)nc(Cc1ccc(C)cc1)n2[C@@H]1C[C@H](C)CC(C)(C)C1.COC(=O)c1ccc2c(c1)nc(Cc1ccc(C)cc1)n2[C@H]1C[C@@H](C)CC(C)(C)C1. The van der Waals surface area contributed by atoms with Crippen LogP contribution in [0.2, 0.25) is 0 Å².